The predicted octanol–water partition coefficient (Wildman–Crippen LogP) is 0.869. The second kappa shape index (κ2) is 4.66. The summed E-state index contributed by atoms with van der Waals surface area (Å²) in [5.41, 5.74) is 6.67. The van der Waals surface area contributed by atoms with Crippen molar-refractivity contribution in [3.8, 4) is 5.75 Å². The monoisotopic (exact) mass is 255 g/mol. The topological polar surface area (TPSA) is 80.4 Å². The number of hydrogen-bond donors (Lipinski definition) is 2. The van der Waals surface area contributed by atoms with Crippen LogP contribution >= 0.6 is 0 Å². The van der Waals surface area contributed by atoms with Crippen molar-refractivity contribution in [2.24, 2.45) is 11.7 Å². The van der Waals surface area contributed by atoms with Gasteiger partial charge in [-0.05, 0) is 36.6 Å². The lowest BCUT2D eigenvalue weighted by molar-refractivity contribution is 0.459. The Kier molecular flexibility index (Phi) is 3.40. The summed E-state index contributed by atoms with van der Waals surface area (Å²) in [6.45, 7) is 0.406. The SMILES string of the molecule is NCC(c1cccc(O)c1)C1CCS(=O)(=O)C1. The minimum Gasteiger partial charge on any atom is -0.508 e. The largest absolute Gasteiger partial charge is 0.508 e. The Morgan fingerprint density at radius 2 is 2.24 bits per heavy atom. The molecule has 1 heterocycles. The minimum absolute atomic E-state index is 0.0133. The molecule has 1 aliphatic heterocycles. The van der Waals surface area contributed by atoms with E-state index in [4.69, 9.17) is 5.73 Å². The van der Waals surface area contributed by atoms with E-state index < -0.39 is 9.84 Å². The summed E-state index contributed by atoms with van der Waals surface area (Å²) < 4.78 is 22.9. The van der Waals surface area contributed by atoms with Crippen molar-refractivity contribution in [1.82, 2.24) is 0 Å². The number of phenols is 1. The van der Waals surface area contributed by atoms with E-state index in [-0.39, 0.29) is 29.1 Å². The zero-order chi connectivity index (χ0) is 12.5. The van der Waals surface area contributed by atoms with E-state index in [9.17, 15) is 13.5 Å². The summed E-state index contributed by atoms with van der Waals surface area (Å²) in [7, 11) is -2.89. The van der Waals surface area contributed by atoms with Crippen LogP contribution in [-0.4, -0.2) is 31.6 Å². The Bertz CT molecular complexity index is 498. The van der Waals surface area contributed by atoms with Gasteiger partial charge in [-0.15, -0.1) is 0 Å². The summed E-state index contributed by atoms with van der Waals surface area (Å²) in [5.74, 6) is 0.755. The van der Waals surface area contributed by atoms with Crippen LogP contribution in [0, 0.1) is 5.92 Å². The van der Waals surface area contributed by atoms with E-state index in [2.05, 4.69) is 0 Å². The Labute approximate surface area is 101 Å². The Balaban J connectivity index is 2.23. The van der Waals surface area contributed by atoms with Crippen LogP contribution in [0.1, 0.15) is 17.9 Å². The van der Waals surface area contributed by atoms with Gasteiger partial charge in [0.05, 0.1) is 11.5 Å². The molecule has 3 N–H and O–H groups in total. The number of nitrogens with two attached hydrogens (primary N) is 1. The molecule has 5 heteroatoms. The molecular formula is C12H17NO3S. The molecule has 17 heavy (non-hydrogen) atoms. The number of rotatable bonds is 3. The van der Waals surface area contributed by atoms with Crippen molar-refractivity contribution in [3.05, 3.63) is 29.8 Å². The van der Waals surface area contributed by atoms with Crippen molar-refractivity contribution in [2.75, 3.05) is 18.1 Å². The van der Waals surface area contributed by atoms with Gasteiger partial charge in [-0.25, -0.2) is 8.42 Å². The zero-order valence-electron chi connectivity index (χ0n) is 9.54. The van der Waals surface area contributed by atoms with Crippen LogP contribution in [0.25, 0.3) is 0 Å². The molecule has 2 atom stereocenters. The standard InChI is InChI=1S/C12H17NO3S/c13-7-12(9-2-1-3-11(14)6-9)10-4-5-17(15,16)8-10/h1-3,6,10,12,14H,4-5,7-8,13H2. The summed E-state index contributed by atoms with van der Waals surface area (Å²) in [4.78, 5) is 0. The third-order valence-electron chi connectivity index (χ3n) is 3.39. The van der Waals surface area contributed by atoms with Gasteiger partial charge in [0, 0.05) is 5.92 Å². The lowest BCUT2D eigenvalue weighted by Gasteiger charge is -2.21. The van der Waals surface area contributed by atoms with Gasteiger partial charge in [-0.3, -0.25) is 0 Å². The molecule has 0 radical (unpaired) electrons. The number of phenolic OH excluding ortho intramolecular Hbond substituents is 1. The van der Waals surface area contributed by atoms with Crippen LogP contribution in [0.3, 0.4) is 0 Å². The average molecular weight is 255 g/mol. The fourth-order valence-corrected chi connectivity index (χ4v) is 4.38. The normalized spacial score (nSPS) is 24.6. The van der Waals surface area contributed by atoms with Crippen LogP contribution in [0.5, 0.6) is 5.75 Å². The molecule has 4 nitrogen and oxygen atoms in total. The maximum absolute atomic E-state index is 11.5. The molecule has 0 aromatic heterocycles. The third kappa shape index (κ3) is 2.79. The number of sulfone groups is 1. The average Bonchev–Trinajstić information content (AvgIpc) is 2.60. The van der Waals surface area contributed by atoms with Gasteiger partial charge in [-0.1, -0.05) is 12.1 Å². The first-order chi connectivity index (χ1) is 8.02. The van der Waals surface area contributed by atoms with E-state index in [0.717, 1.165) is 5.56 Å². The second-order valence-corrected chi connectivity index (χ2v) is 6.83. The highest BCUT2D eigenvalue weighted by atomic mass is 32.2. The molecule has 0 saturated carbocycles. The maximum atomic E-state index is 11.5. The third-order valence-corrected chi connectivity index (χ3v) is 5.18. The second-order valence-electron chi connectivity index (χ2n) is 4.60. The quantitative estimate of drug-likeness (QED) is 0.839. The van der Waals surface area contributed by atoms with E-state index in [0.29, 0.717) is 13.0 Å². The van der Waals surface area contributed by atoms with Crippen molar-refractivity contribution < 1.29 is 13.5 Å². The van der Waals surface area contributed by atoms with Crippen molar-refractivity contribution >= 4 is 9.84 Å². The number of aromatic hydroxyl groups is 1. The minimum atomic E-state index is -2.89. The predicted molar refractivity (Wildman–Crippen MR) is 66.7 cm³/mol. The van der Waals surface area contributed by atoms with Crippen LogP contribution in [-0.2, 0) is 9.84 Å². The Hall–Kier alpha value is -1.07. The molecule has 0 bridgehead atoms. The first kappa shape index (κ1) is 12.4. The van der Waals surface area contributed by atoms with Crippen LogP contribution in [0.15, 0.2) is 24.3 Å². The van der Waals surface area contributed by atoms with E-state index >= 15 is 0 Å². The molecule has 2 rings (SSSR count). The summed E-state index contributed by atoms with van der Waals surface area (Å²) >= 11 is 0. The first-order valence-electron chi connectivity index (χ1n) is 5.71. The van der Waals surface area contributed by atoms with Gasteiger partial charge in [0.1, 0.15) is 5.75 Å². The molecule has 1 saturated heterocycles. The van der Waals surface area contributed by atoms with Gasteiger partial charge in [-0.2, -0.15) is 0 Å². The van der Waals surface area contributed by atoms with Gasteiger partial charge < -0.3 is 10.8 Å². The molecule has 1 aromatic carbocycles. The van der Waals surface area contributed by atoms with E-state index in [1.54, 1.807) is 18.2 Å². The lowest BCUT2D eigenvalue weighted by atomic mass is 9.85. The molecule has 0 spiro atoms. The highest BCUT2D eigenvalue weighted by Crippen LogP contribution is 2.33. The van der Waals surface area contributed by atoms with Crippen LogP contribution < -0.4 is 5.73 Å². The molecule has 1 aliphatic rings. The summed E-state index contributed by atoms with van der Waals surface area (Å²) in [5, 5.41) is 9.44. The molecule has 0 aliphatic carbocycles. The molecule has 2 unspecified atom stereocenters. The summed E-state index contributed by atoms with van der Waals surface area (Å²) in [6.07, 6.45) is 0.667. The lowest BCUT2D eigenvalue weighted by Crippen LogP contribution is -2.22. The van der Waals surface area contributed by atoms with Gasteiger partial charge in [0.15, 0.2) is 9.84 Å². The van der Waals surface area contributed by atoms with Crippen molar-refractivity contribution in [3.63, 3.8) is 0 Å². The van der Waals surface area contributed by atoms with Gasteiger partial charge in [0.25, 0.3) is 0 Å². The molecular weight excluding hydrogens is 238 g/mol. The van der Waals surface area contributed by atoms with Crippen molar-refractivity contribution in [1.29, 1.82) is 0 Å². The van der Waals surface area contributed by atoms with E-state index in [1.165, 1.54) is 0 Å². The fraction of sp³-hybridized carbons (Fsp3) is 0.500. The maximum Gasteiger partial charge on any atom is 0.150 e. The fourth-order valence-electron chi connectivity index (χ4n) is 2.50. The smallest absolute Gasteiger partial charge is 0.150 e. The van der Waals surface area contributed by atoms with E-state index in [1.807, 2.05) is 6.07 Å². The highest BCUT2D eigenvalue weighted by molar-refractivity contribution is 7.91. The number of benzene rings is 1. The van der Waals surface area contributed by atoms with Crippen LogP contribution in [0.4, 0.5) is 0 Å². The molecule has 0 amide bonds. The molecule has 1 aromatic rings. The highest BCUT2D eigenvalue weighted by Gasteiger charge is 2.33. The Morgan fingerprint density at radius 1 is 1.47 bits per heavy atom. The van der Waals surface area contributed by atoms with Gasteiger partial charge in [0.2, 0.25) is 0 Å². The first-order valence-corrected chi connectivity index (χ1v) is 7.53. The molecule has 1 fully saturated rings. The number of hydrogen-bond acceptors (Lipinski definition) is 4. The zero-order valence-corrected chi connectivity index (χ0v) is 10.4. The molecule has 94 valence electrons. The van der Waals surface area contributed by atoms with Gasteiger partial charge >= 0.3 is 0 Å². The Morgan fingerprint density at radius 3 is 2.76 bits per heavy atom. The van der Waals surface area contributed by atoms with Crippen LogP contribution in [0.2, 0.25) is 0 Å². The van der Waals surface area contributed by atoms with Crippen molar-refractivity contribution in [2.45, 2.75) is 12.3 Å². The summed E-state index contributed by atoms with van der Waals surface area (Å²) in [6, 6.07) is 6.92.